The molecule has 0 radical (unpaired) electrons. The molecule has 2 heterocycles. The molecule has 0 amide bonds. The van der Waals surface area contributed by atoms with E-state index in [0.29, 0.717) is 56.6 Å². The Morgan fingerprint density at radius 1 is 1.09 bits per heavy atom. The zero-order chi connectivity index (χ0) is 31.3. The Labute approximate surface area is 255 Å². The molecule has 9 nitrogen and oxygen atoms in total. The predicted octanol–water partition coefficient (Wildman–Crippen LogP) is 4.73. The summed E-state index contributed by atoms with van der Waals surface area (Å²) >= 11 is 1.25. The van der Waals surface area contributed by atoms with Crippen LogP contribution in [0.5, 0.6) is 23.0 Å². The number of methoxy groups -OCH3 is 2. The minimum Gasteiger partial charge on any atom is -0.493 e. The Hall–Kier alpha value is -4.31. The van der Waals surface area contributed by atoms with E-state index in [1.54, 1.807) is 56.9 Å². The molecule has 0 saturated heterocycles. The molecule has 228 valence electrons. The Morgan fingerprint density at radius 3 is 2.47 bits per heavy atom. The summed E-state index contributed by atoms with van der Waals surface area (Å²) in [5.41, 5.74) is 2.79. The summed E-state index contributed by atoms with van der Waals surface area (Å²) < 4.78 is 30.4. The van der Waals surface area contributed by atoms with Crippen molar-refractivity contribution in [3.63, 3.8) is 0 Å². The summed E-state index contributed by atoms with van der Waals surface area (Å²) in [6, 6.07) is 8.41. The van der Waals surface area contributed by atoms with Crippen molar-refractivity contribution in [1.82, 2.24) is 4.57 Å². The van der Waals surface area contributed by atoms with E-state index in [0.717, 1.165) is 11.1 Å². The van der Waals surface area contributed by atoms with Gasteiger partial charge in [0, 0.05) is 5.56 Å². The third kappa shape index (κ3) is 6.54. The first kappa shape index (κ1) is 31.6. The first-order valence-corrected chi connectivity index (χ1v) is 15.0. The van der Waals surface area contributed by atoms with Crippen molar-refractivity contribution in [2.24, 2.45) is 4.99 Å². The molecule has 43 heavy (non-hydrogen) atoms. The number of allylic oxidation sites excluding steroid dienone is 2. The van der Waals surface area contributed by atoms with Crippen molar-refractivity contribution < 1.29 is 28.5 Å². The predicted molar refractivity (Wildman–Crippen MR) is 167 cm³/mol. The van der Waals surface area contributed by atoms with Gasteiger partial charge in [0.15, 0.2) is 27.8 Å². The quantitative estimate of drug-likeness (QED) is 0.217. The number of esters is 1. The summed E-state index contributed by atoms with van der Waals surface area (Å²) in [6.07, 6.45) is 4.09. The minimum absolute atomic E-state index is 0.0668. The van der Waals surface area contributed by atoms with E-state index in [2.05, 4.69) is 11.6 Å². The Balaban J connectivity index is 1.95. The number of nitrogens with zero attached hydrogens (tertiary/aromatic N) is 2. The minimum atomic E-state index is -0.786. The van der Waals surface area contributed by atoms with Gasteiger partial charge in [-0.1, -0.05) is 23.5 Å². The molecule has 10 heteroatoms. The highest BCUT2D eigenvalue weighted by Gasteiger charge is 2.34. The van der Waals surface area contributed by atoms with E-state index >= 15 is 0 Å². The molecular weight excluding hydrogens is 568 g/mol. The summed E-state index contributed by atoms with van der Waals surface area (Å²) in [5.74, 6) is 1.73. The first-order chi connectivity index (χ1) is 20.7. The number of ether oxygens (including phenoxy) is 5. The van der Waals surface area contributed by atoms with Crippen LogP contribution in [0.1, 0.15) is 57.4 Å². The van der Waals surface area contributed by atoms with E-state index in [1.807, 2.05) is 39.0 Å². The van der Waals surface area contributed by atoms with Crippen molar-refractivity contribution >= 4 is 23.4 Å². The fourth-order valence-electron chi connectivity index (χ4n) is 5.00. The number of thiazole rings is 1. The number of hydrogen-bond donors (Lipinski definition) is 0. The van der Waals surface area contributed by atoms with Gasteiger partial charge < -0.3 is 23.7 Å². The monoisotopic (exact) mass is 606 g/mol. The fraction of sp³-hybridized carbons (Fsp3) is 0.364. The highest BCUT2D eigenvalue weighted by molar-refractivity contribution is 7.07. The molecule has 0 spiro atoms. The summed E-state index contributed by atoms with van der Waals surface area (Å²) in [4.78, 5) is 32.5. The van der Waals surface area contributed by atoms with Gasteiger partial charge in [-0.2, -0.15) is 0 Å². The van der Waals surface area contributed by atoms with Gasteiger partial charge in [0.05, 0.1) is 55.4 Å². The van der Waals surface area contributed by atoms with Crippen molar-refractivity contribution in [3.8, 4) is 23.0 Å². The van der Waals surface area contributed by atoms with Crippen LogP contribution >= 0.6 is 11.3 Å². The molecule has 1 aromatic heterocycles. The maximum atomic E-state index is 14.1. The lowest BCUT2D eigenvalue weighted by Gasteiger charge is -2.25. The molecule has 0 unspecified atom stereocenters. The molecule has 0 aliphatic carbocycles. The second-order valence-electron chi connectivity index (χ2n) is 10.0. The normalized spacial score (nSPS) is 14.7. The van der Waals surface area contributed by atoms with Crippen LogP contribution in [0.15, 0.2) is 64.0 Å². The zero-order valence-corrected chi connectivity index (χ0v) is 26.5. The Bertz CT molecular complexity index is 1730. The van der Waals surface area contributed by atoms with Crippen LogP contribution in [0.2, 0.25) is 0 Å². The number of benzene rings is 2. The molecule has 4 rings (SSSR count). The van der Waals surface area contributed by atoms with Crippen LogP contribution in [0.4, 0.5) is 0 Å². The number of rotatable bonds is 12. The lowest BCUT2D eigenvalue weighted by atomic mass is 9.95. The molecule has 0 bridgehead atoms. The summed E-state index contributed by atoms with van der Waals surface area (Å²) in [7, 11) is 3.13. The van der Waals surface area contributed by atoms with Gasteiger partial charge in [-0.25, -0.2) is 9.79 Å². The SMILES string of the molecule is C=CCc1cc(/C=c2\sc3n(c2=O)[C@H](c2ccc(OC(C)C)c(OC)c2)C(C(=O)OCC)=C(C)N=3)cc(OC)c1OCC. The van der Waals surface area contributed by atoms with Crippen LogP contribution in [-0.4, -0.2) is 44.1 Å². The van der Waals surface area contributed by atoms with Crippen LogP contribution in [0.25, 0.3) is 6.08 Å². The molecule has 1 aliphatic rings. The standard InChI is InChI=1S/C33H38N2O7S/c1-9-12-23-15-21(16-26(39-8)30(23)40-10-2)17-27-31(36)35-29(22-13-14-24(42-19(4)5)25(18-22)38-7)28(32(37)41-11-3)20(6)34-33(35)43-27/h9,13-19,29H,1,10-12H2,2-8H3/b27-17-/t29-/m1/s1. The first-order valence-electron chi connectivity index (χ1n) is 14.2. The van der Waals surface area contributed by atoms with Crippen molar-refractivity contribution in [2.75, 3.05) is 27.4 Å². The summed E-state index contributed by atoms with van der Waals surface area (Å²) in [5, 5.41) is 0. The molecule has 0 N–H and O–H groups in total. The molecule has 0 fully saturated rings. The average molecular weight is 607 g/mol. The number of hydrogen-bond acceptors (Lipinski definition) is 9. The lowest BCUT2D eigenvalue weighted by Crippen LogP contribution is -2.40. The second kappa shape index (κ2) is 13.8. The Morgan fingerprint density at radius 2 is 1.84 bits per heavy atom. The van der Waals surface area contributed by atoms with Crippen LogP contribution in [-0.2, 0) is 16.0 Å². The van der Waals surface area contributed by atoms with E-state index in [1.165, 1.54) is 11.3 Å². The zero-order valence-electron chi connectivity index (χ0n) is 25.7. The second-order valence-corrected chi connectivity index (χ2v) is 11.0. The molecule has 1 aliphatic heterocycles. The van der Waals surface area contributed by atoms with Crippen molar-refractivity contribution in [2.45, 2.75) is 53.2 Å². The van der Waals surface area contributed by atoms with Gasteiger partial charge in [-0.15, -0.1) is 6.58 Å². The van der Waals surface area contributed by atoms with Crippen LogP contribution < -0.4 is 33.8 Å². The van der Waals surface area contributed by atoms with Gasteiger partial charge in [0.1, 0.15) is 0 Å². The van der Waals surface area contributed by atoms with Gasteiger partial charge in [-0.3, -0.25) is 9.36 Å². The van der Waals surface area contributed by atoms with E-state index in [-0.39, 0.29) is 23.8 Å². The molecule has 2 aromatic carbocycles. The fourth-order valence-corrected chi connectivity index (χ4v) is 6.04. The molecular formula is C33H38N2O7S. The topological polar surface area (TPSA) is 97.6 Å². The largest absolute Gasteiger partial charge is 0.493 e. The third-order valence-corrected chi connectivity index (χ3v) is 7.69. The van der Waals surface area contributed by atoms with Gasteiger partial charge in [-0.05, 0) is 82.5 Å². The number of carbonyl (C=O) groups is 1. The van der Waals surface area contributed by atoms with Crippen molar-refractivity contribution in [3.05, 3.63) is 90.6 Å². The van der Waals surface area contributed by atoms with E-state index in [4.69, 9.17) is 23.7 Å². The highest BCUT2D eigenvalue weighted by Crippen LogP contribution is 2.37. The third-order valence-electron chi connectivity index (χ3n) is 6.71. The van der Waals surface area contributed by atoms with E-state index in [9.17, 15) is 9.59 Å². The van der Waals surface area contributed by atoms with Crippen molar-refractivity contribution in [1.29, 1.82) is 0 Å². The molecule has 1 atom stereocenters. The lowest BCUT2D eigenvalue weighted by molar-refractivity contribution is -0.139. The maximum absolute atomic E-state index is 14.1. The van der Waals surface area contributed by atoms with E-state index < -0.39 is 12.0 Å². The molecule has 3 aromatic rings. The maximum Gasteiger partial charge on any atom is 0.338 e. The Kier molecular flexibility index (Phi) is 10.1. The number of aromatic nitrogens is 1. The van der Waals surface area contributed by atoms with Gasteiger partial charge in [0.25, 0.3) is 5.56 Å². The number of fused-ring (bicyclic) bond motifs is 1. The van der Waals surface area contributed by atoms with Gasteiger partial charge in [0.2, 0.25) is 0 Å². The molecule has 0 saturated carbocycles. The van der Waals surface area contributed by atoms with Crippen LogP contribution in [0, 0.1) is 0 Å². The number of carbonyl (C=O) groups excluding carboxylic acids is 1. The van der Waals surface area contributed by atoms with Crippen LogP contribution in [0.3, 0.4) is 0 Å². The smallest absolute Gasteiger partial charge is 0.338 e. The summed E-state index contributed by atoms with van der Waals surface area (Å²) in [6.45, 7) is 13.8. The highest BCUT2D eigenvalue weighted by atomic mass is 32.1. The average Bonchev–Trinajstić information content (AvgIpc) is 3.27. The van der Waals surface area contributed by atoms with Gasteiger partial charge >= 0.3 is 5.97 Å².